The summed E-state index contributed by atoms with van der Waals surface area (Å²) in [7, 11) is -2.15. The van der Waals surface area contributed by atoms with E-state index in [2.05, 4.69) is 11.6 Å². The van der Waals surface area contributed by atoms with Crippen LogP contribution >= 0.6 is 0 Å². The zero-order valence-electron chi connectivity index (χ0n) is 12.7. The number of nitrogen functional groups attached to an aromatic ring is 1. The number of nitrogens with one attached hydrogen (secondary N) is 1. The van der Waals surface area contributed by atoms with Crippen LogP contribution in [-0.4, -0.2) is 22.1 Å². The van der Waals surface area contributed by atoms with Gasteiger partial charge in [0.1, 0.15) is 10.6 Å². The molecule has 2 rings (SSSR count). The van der Waals surface area contributed by atoms with Crippen molar-refractivity contribution < 1.29 is 13.2 Å². The van der Waals surface area contributed by atoms with Crippen molar-refractivity contribution >= 4 is 15.7 Å². The van der Waals surface area contributed by atoms with Gasteiger partial charge < -0.3 is 10.5 Å². The van der Waals surface area contributed by atoms with E-state index < -0.39 is 10.0 Å². The number of sulfonamides is 1. The lowest BCUT2D eigenvalue weighted by Crippen LogP contribution is -2.37. The fourth-order valence-electron chi connectivity index (χ4n) is 2.84. The normalized spacial score (nSPS) is 18.4. The molecule has 1 saturated carbocycles. The number of methoxy groups -OCH3 is 1. The van der Waals surface area contributed by atoms with Crippen LogP contribution in [0.5, 0.6) is 5.75 Å². The van der Waals surface area contributed by atoms with Crippen molar-refractivity contribution in [2.45, 2.75) is 43.9 Å². The van der Waals surface area contributed by atoms with E-state index in [4.69, 9.17) is 10.5 Å². The van der Waals surface area contributed by atoms with E-state index in [0.717, 1.165) is 12.8 Å². The summed E-state index contributed by atoms with van der Waals surface area (Å²) >= 11 is 0. The van der Waals surface area contributed by atoms with Gasteiger partial charge in [0.15, 0.2) is 0 Å². The second kappa shape index (κ2) is 6.23. The zero-order chi connectivity index (χ0) is 15.5. The molecule has 0 saturated heterocycles. The lowest BCUT2D eigenvalue weighted by Gasteiger charge is -2.33. The topological polar surface area (TPSA) is 81.4 Å². The molecule has 0 amide bonds. The molecule has 0 atom stereocenters. The molecule has 5 nitrogen and oxygen atoms in total. The highest BCUT2D eigenvalue weighted by Crippen LogP contribution is 2.35. The average Bonchev–Trinajstić information content (AvgIpc) is 2.46. The average molecular weight is 312 g/mol. The Morgan fingerprint density at radius 3 is 2.57 bits per heavy atom. The van der Waals surface area contributed by atoms with Crippen LogP contribution in [0.2, 0.25) is 0 Å². The first-order valence-corrected chi connectivity index (χ1v) is 8.78. The summed E-state index contributed by atoms with van der Waals surface area (Å²) in [5, 5.41) is 0. The van der Waals surface area contributed by atoms with Gasteiger partial charge in [-0.3, -0.25) is 0 Å². The number of anilines is 1. The maximum absolute atomic E-state index is 12.5. The first-order chi connectivity index (χ1) is 9.86. The monoisotopic (exact) mass is 312 g/mol. The van der Waals surface area contributed by atoms with Gasteiger partial charge in [-0.25, -0.2) is 13.1 Å². The van der Waals surface area contributed by atoms with Crippen molar-refractivity contribution in [1.82, 2.24) is 4.72 Å². The van der Waals surface area contributed by atoms with E-state index in [1.165, 1.54) is 38.5 Å². The Bertz CT molecular complexity index is 593. The molecule has 0 spiro atoms. The Morgan fingerprint density at radius 1 is 1.29 bits per heavy atom. The van der Waals surface area contributed by atoms with Crippen LogP contribution in [0.4, 0.5) is 5.69 Å². The predicted molar refractivity (Wildman–Crippen MR) is 83.8 cm³/mol. The van der Waals surface area contributed by atoms with Crippen LogP contribution in [0, 0.1) is 5.41 Å². The first-order valence-electron chi connectivity index (χ1n) is 7.29. The maximum Gasteiger partial charge on any atom is 0.244 e. The number of hydrogen-bond acceptors (Lipinski definition) is 4. The molecule has 0 bridgehead atoms. The third-order valence-electron chi connectivity index (χ3n) is 4.23. The molecule has 118 valence electrons. The second-order valence-electron chi connectivity index (χ2n) is 6.11. The Hall–Kier alpha value is -1.27. The summed E-state index contributed by atoms with van der Waals surface area (Å²) in [6.45, 7) is 2.61. The van der Waals surface area contributed by atoms with Crippen LogP contribution in [0.3, 0.4) is 0 Å². The molecule has 1 aliphatic carbocycles. The molecule has 0 aromatic heterocycles. The van der Waals surface area contributed by atoms with Crippen LogP contribution in [0.25, 0.3) is 0 Å². The van der Waals surface area contributed by atoms with Gasteiger partial charge in [0, 0.05) is 18.3 Å². The van der Waals surface area contributed by atoms with E-state index in [9.17, 15) is 8.42 Å². The molecule has 0 aliphatic heterocycles. The number of benzene rings is 1. The summed E-state index contributed by atoms with van der Waals surface area (Å²) in [6.07, 6.45) is 5.71. The molecule has 6 heteroatoms. The standard InChI is InChI=1S/C15H24N2O3S/c1-15(8-4-3-5-9-15)11-17-21(18,19)14-7-6-12(16)10-13(14)20-2/h6-7,10,17H,3-5,8-9,11,16H2,1-2H3. The molecule has 1 fully saturated rings. The SMILES string of the molecule is COc1cc(N)ccc1S(=O)(=O)NCC1(C)CCCCC1. The fourth-order valence-corrected chi connectivity index (χ4v) is 4.18. The third-order valence-corrected chi connectivity index (χ3v) is 5.67. The van der Waals surface area contributed by atoms with E-state index in [1.807, 2.05) is 0 Å². The van der Waals surface area contributed by atoms with Crippen LogP contribution in [0.15, 0.2) is 23.1 Å². The van der Waals surface area contributed by atoms with E-state index in [1.54, 1.807) is 6.07 Å². The number of hydrogen-bond donors (Lipinski definition) is 2. The minimum atomic E-state index is -3.59. The minimum absolute atomic E-state index is 0.0480. The Labute approximate surface area is 126 Å². The number of ether oxygens (including phenoxy) is 1. The smallest absolute Gasteiger partial charge is 0.244 e. The largest absolute Gasteiger partial charge is 0.495 e. The Morgan fingerprint density at radius 2 is 1.95 bits per heavy atom. The molecule has 1 aliphatic rings. The van der Waals surface area contributed by atoms with Crippen LogP contribution in [-0.2, 0) is 10.0 Å². The summed E-state index contributed by atoms with van der Waals surface area (Å²) in [4.78, 5) is 0.138. The maximum atomic E-state index is 12.5. The number of rotatable bonds is 5. The molecule has 1 aromatic rings. The molecule has 0 heterocycles. The van der Waals surface area contributed by atoms with Gasteiger partial charge in [0.05, 0.1) is 7.11 Å². The predicted octanol–water partition coefficient (Wildman–Crippen LogP) is 2.53. The highest BCUT2D eigenvalue weighted by molar-refractivity contribution is 7.89. The second-order valence-corrected chi connectivity index (χ2v) is 7.84. The van der Waals surface area contributed by atoms with E-state index in [-0.39, 0.29) is 16.1 Å². The summed E-state index contributed by atoms with van der Waals surface area (Å²) in [5.41, 5.74) is 6.19. The molecule has 0 unspecified atom stereocenters. The van der Waals surface area contributed by atoms with Gasteiger partial charge in [-0.1, -0.05) is 26.2 Å². The van der Waals surface area contributed by atoms with Crippen LogP contribution in [0.1, 0.15) is 39.0 Å². The van der Waals surface area contributed by atoms with Gasteiger partial charge in [-0.05, 0) is 30.4 Å². The highest BCUT2D eigenvalue weighted by atomic mass is 32.2. The van der Waals surface area contributed by atoms with Crippen molar-refractivity contribution in [2.24, 2.45) is 5.41 Å². The highest BCUT2D eigenvalue weighted by Gasteiger charge is 2.29. The Kier molecular flexibility index (Phi) is 4.78. The summed E-state index contributed by atoms with van der Waals surface area (Å²) < 4.78 is 32.8. The molecule has 1 aromatic carbocycles. The van der Waals surface area contributed by atoms with Gasteiger partial charge in [-0.15, -0.1) is 0 Å². The van der Waals surface area contributed by atoms with Crippen molar-refractivity contribution in [3.63, 3.8) is 0 Å². The molecule has 0 radical (unpaired) electrons. The molecular weight excluding hydrogens is 288 g/mol. The lowest BCUT2D eigenvalue weighted by atomic mass is 9.76. The van der Waals surface area contributed by atoms with Crippen molar-refractivity contribution in [3.05, 3.63) is 18.2 Å². The van der Waals surface area contributed by atoms with Gasteiger partial charge in [-0.2, -0.15) is 0 Å². The third kappa shape index (κ3) is 3.89. The van der Waals surface area contributed by atoms with E-state index >= 15 is 0 Å². The van der Waals surface area contributed by atoms with Gasteiger partial charge in [0.25, 0.3) is 0 Å². The van der Waals surface area contributed by atoms with Crippen LogP contribution < -0.4 is 15.2 Å². The number of nitrogens with two attached hydrogens (primary N) is 1. The van der Waals surface area contributed by atoms with Gasteiger partial charge in [0.2, 0.25) is 10.0 Å². The first kappa shape index (κ1) is 16.1. The van der Waals surface area contributed by atoms with Crippen molar-refractivity contribution in [2.75, 3.05) is 19.4 Å². The summed E-state index contributed by atoms with van der Waals surface area (Å²) in [5.74, 6) is 0.274. The quantitative estimate of drug-likeness (QED) is 0.819. The minimum Gasteiger partial charge on any atom is -0.495 e. The zero-order valence-corrected chi connectivity index (χ0v) is 13.5. The Balaban J connectivity index is 2.15. The molecular formula is C15H24N2O3S. The fraction of sp³-hybridized carbons (Fsp3) is 0.600. The van der Waals surface area contributed by atoms with Gasteiger partial charge >= 0.3 is 0 Å². The van der Waals surface area contributed by atoms with E-state index in [0.29, 0.717) is 12.2 Å². The summed E-state index contributed by atoms with van der Waals surface area (Å²) in [6, 6.07) is 4.58. The lowest BCUT2D eigenvalue weighted by molar-refractivity contribution is 0.219. The molecule has 21 heavy (non-hydrogen) atoms. The van der Waals surface area contributed by atoms with Crippen molar-refractivity contribution in [1.29, 1.82) is 0 Å². The molecule has 3 N–H and O–H groups in total. The van der Waals surface area contributed by atoms with Crippen molar-refractivity contribution in [3.8, 4) is 5.75 Å².